The van der Waals surface area contributed by atoms with Gasteiger partial charge in [-0.2, -0.15) is 26.3 Å². The normalized spacial score (nSPS) is 24.2. The Balaban J connectivity index is 2.26. The first-order valence-corrected chi connectivity index (χ1v) is 7.62. The number of methoxy groups -OCH3 is 1. The molecule has 0 bridgehead atoms. The van der Waals surface area contributed by atoms with Crippen LogP contribution in [0.5, 0.6) is 0 Å². The zero-order valence-corrected chi connectivity index (χ0v) is 13.2. The highest BCUT2D eigenvalue weighted by molar-refractivity contribution is 5.83. The molecule has 2 fully saturated rings. The molecule has 2 saturated heterocycles. The summed E-state index contributed by atoms with van der Waals surface area (Å²) in [6.45, 7) is -1.03. The molecule has 1 N–H and O–H groups in total. The zero-order chi connectivity index (χ0) is 18.2. The minimum absolute atomic E-state index is 0.0188. The average molecular weight is 362 g/mol. The second-order valence-electron chi connectivity index (χ2n) is 6.52. The summed E-state index contributed by atoms with van der Waals surface area (Å²) in [6.07, 6.45) is -11.4. The van der Waals surface area contributed by atoms with E-state index in [0.29, 0.717) is 30.8 Å². The van der Waals surface area contributed by atoms with E-state index in [4.69, 9.17) is 4.74 Å². The van der Waals surface area contributed by atoms with Crippen LogP contribution >= 0.6 is 0 Å². The van der Waals surface area contributed by atoms with Gasteiger partial charge in [0.1, 0.15) is 0 Å². The number of piperidine rings is 1. The Kier molecular flexibility index (Phi) is 5.11. The first kappa shape index (κ1) is 19.3. The summed E-state index contributed by atoms with van der Waals surface area (Å²) in [5.41, 5.74) is -4.91. The average Bonchev–Trinajstić information content (AvgIpc) is 2.93. The van der Waals surface area contributed by atoms with E-state index < -0.39 is 48.6 Å². The number of amides is 1. The van der Waals surface area contributed by atoms with Crippen molar-refractivity contribution in [1.82, 2.24) is 10.2 Å². The van der Waals surface area contributed by atoms with Gasteiger partial charge in [0.2, 0.25) is 5.91 Å². The first-order chi connectivity index (χ1) is 11.0. The topological polar surface area (TPSA) is 41.6 Å². The van der Waals surface area contributed by atoms with Crippen LogP contribution in [0.3, 0.4) is 0 Å². The van der Waals surface area contributed by atoms with E-state index in [9.17, 15) is 31.1 Å². The molecule has 0 aromatic rings. The number of alkyl halides is 6. The molecule has 10 heteroatoms. The number of hydrogen-bond donors (Lipinski definition) is 1. The van der Waals surface area contributed by atoms with Gasteiger partial charge in [-0.1, -0.05) is 0 Å². The number of nitrogens with zero attached hydrogens (tertiary/aromatic N) is 1. The van der Waals surface area contributed by atoms with Crippen molar-refractivity contribution >= 4 is 5.91 Å². The monoisotopic (exact) mass is 362 g/mol. The van der Waals surface area contributed by atoms with Gasteiger partial charge in [0.05, 0.1) is 12.0 Å². The Morgan fingerprint density at radius 2 is 1.62 bits per heavy atom. The lowest BCUT2D eigenvalue weighted by molar-refractivity contribution is -0.335. The van der Waals surface area contributed by atoms with E-state index in [1.54, 1.807) is 0 Å². The van der Waals surface area contributed by atoms with Gasteiger partial charge in [-0.25, -0.2) is 0 Å². The van der Waals surface area contributed by atoms with Crippen molar-refractivity contribution in [2.75, 3.05) is 39.9 Å². The summed E-state index contributed by atoms with van der Waals surface area (Å²) in [5, 5.41) is 3.02. The number of likely N-dealkylation sites (tertiary alicyclic amines) is 1. The van der Waals surface area contributed by atoms with Crippen LogP contribution in [0.2, 0.25) is 0 Å². The highest BCUT2D eigenvalue weighted by Gasteiger charge is 2.73. The molecule has 1 amide bonds. The maximum Gasteiger partial charge on any atom is 0.404 e. The summed E-state index contributed by atoms with van der Waals surface area (Å²) >= 11 is 0. The van der Waals surface area contributed by atoms with Gasteiger partial charge in [-0.05, 0) is 32.4 Å². The van der Waals surface area contributed by atoms with Crippen molar-refractivity contribution in [2.45, 2.75) is 31.6 Å². The molecule has 2 heterocycles. The predicted molar refractivity (Wildman–Crippen MR) is 72.2 cm³/mol. The predicted octanol–water partition coefficient (Wildman–Crippen LogP) is 2.35. The van der Waals surface area contributed by atoms with Crippen LogP contribution in [0.15, 0.2) is 0 Å². The van der Waals surface area contributed by atoms with Gasteiger partial charge in [0.15, 0.2) is 5.41 Å². The maximum atomic E-state index is 13.1. The second kappa shape index (κ2) is 6.36. The molecule has 4 nitrogen and oxygen atoms in total. The van der Waals surface area contributed by atoms with Crippen LogP contribution in [0.4, 0.5) is 26.3 Å². The quantitative estimate of drug-likeness (QED) is 0.784. The lowest BCUT2D eigenvalue weighted by Crippen LogP contribution is -2.55. The summed E-state index contributed by atoms with van der Waals surface area (Å²) < 4.78 is 83.9. The third-order valence-electron chi connectivity index (χ3n) is 5.08. The Labute approximate surface area is 135 Å². The SMILES string of the molecule is COCC1(C(=O)N2CCC(C(F)(F)F)(C(F)(F)F)C2)CCNCC1. The van der Waals surface area contributed by atoms with E-state index in [2.05, 4.69) is 5.32 Å². The Hall–Kier alpha value is -1.03. The molecule has 24 heavy (non-hydrogen) atoms. The third-order valence-corrected chi connectivity index (χ3v) is 5.08. The second-order valence-corrected chi connectivity index (χ2v) is 6.52. The fourth-order valence-corrected chi connectivity index (χ4v) is 3.54. The number of rotatable bonds is 3. The van der Waals surface area contributed by atoms with Gasteiger partial charge in [0, 0.05) is 20.2 Å². The molecule has 0 saturated carbocycles. The molecule has 0 aliphatic carbocycles. The molecular weight excluding hydrogens is 342 g/mol. The number of nitrogens with one attached hydrogen (secondary N) is 1. The summed E-state index contributed by atoms with van der Waals surface area (Å²) in [6, 6.07) is 0. The highest BCUT2D eigenvalue weighted by atomic mass is 19.4. The summed E-state index contributed by atoms with van der Waals surface area (Å²) in [7, 11) is 1.36. The molecule has 0 atom stereocenters. The van der Waals surface area contributed by atoms with Crippen LogP contribution in [0, 0.1) is 10.8 Å². The van der Waals surface area contributed by atoms with Crippen molar-refractivity contribution in [3.63, 3.8) is 0 Å². The number of ether oxygens (including phenoxy) is 1. The smallest absolute Gasteiger partial charge is 0.384 e. The van der Waals surface area contributed by atoms with Crippen molar-refractivity contribution in [2.24, 2.45) is 10.8 Å². The lowest BCUT2D eigenvalue weighted by atomic mass is 9.78. The molecule has 0 radical (unpaired) electrons. The fourth-order valence-electron chi connectivity index (χ4n) is 3.54. The Bertz CT molecular complexity index is 451. The molecule has 0 unspecified atom stereocenters. The van der Waals surface area contributed by atoms with Crippen LogP contribution in [-0.2, 0) is 9.53 Å². The number of halogens is 6. The first-order valence-electron chi connectivity index (χ1n) is 7.62. The van der Waals surface area contributed by atoms with Crippen molar-refractivity contribution in [1.29, 1.82) is 0 Å². The molecule has 0 aromatic heterocycles. The van der Waals surface area contributed by atoms with Crippen LogP contribution in [0.1, 0.15) is 19.3 Å². The van der Waals surface area contributed by atoms with E-state index in [1.807, 2.05) is 0 Å². The molecule has 0 aromatic carbocycles. The highest BCUT2D eigenvalue weighted by Crippen LogP contribution is 2.56. The Morgan fingerprint density at radius 1 is 1.08 bits per heavy atom. The van der Waals surface area contributed by atoms with Crippen molar-refractivity contribution in [3.05, 3.63) is 0 Å². The minimum Gasteiger partial charge on any atom is -0.384 e. The van der Waals surface area contributed by atoms with Crippen molar-refractivity contribution in [3.8, 4) is 0 Å². The maximum absolute atomic E-state index is 13.1. The Morgan fingerprint density at radius 3 is 2.04 bits per heavy atom. The van der Waals surface area contributed by atoms with Gasteiger partial charge in [-0.15, -0.1) is 0 Å². The van der Waals surface area contributed by atoms with Gasteiger partial charge in [-0.3, -0.25) is 4.79 Å². The molecule has 2 aliphatic heterocycles. The van der Waals surface area contributed by atoms with Gasteiger partial charge in [0.25, 0.3) is 0 Å². The van der Waals surface area contributed by atoms with Crippen LogP contribution in [0.25, 0.3) is 0 Å². The fraction of sp³-hybridized carbons (Fsp3) is 0.929. The molecule has 2 rings (SSSR count). The largest absolute Gasteiger partial charge is 0.404 e. The van der Waals surface area contributed by atoms with E-state index >= 15 is 0 Å². The van der Waals surface area contributed by atoms with Gasteiger partial charge < -0.3 is 15.0 Å². The van der Waals surface area contributed by atoms with E-state index in [-0.39, 0.29) is 6.61 Å². The molecule has 140 valence electrons. The summed E-state index contributed by atoms with van der Waals surface area (Å²) in [4.78, 5) is 13.5. The van der Waals surface area contributed by atoms with E-state index in [1.165, 1.54) is 7.11 Å². The van der Waals surface area contributed by atoms with E-state index in [0.717, 1.165) is 0 Å². The number of hydrogen-bond acceptors (Lipinski definition) is 3. The van der Waals surface area contributed by atoms with Crippen LogP contribution < -0.4 is 5.32 Å². The number of carbonyl (C=O) groups is 1. The zero-order valence-electron chi connectivity index (χ0n) is 13.2. The number of carbonyl (C=O) groups excluding carboxylic acids is 1. The van der Waals surface area contributed by atoms with Crippen molar-refractivity contribution < 1.29 is 35.9 Å². The summed E-state index contributed by atoms with van der Waals surface area (Å²) in [5.74, 6) is -0.679. The molecule has 2 aliphatic rings. The molecule has 0 spiro atoms. The minimum atomic E-state index is -5.46. The molecular formula is C14H20F6N2O2. The third kappa shape index (κ3) is 3.10. The lowest BCUT2D eigenvalue weighted by Gasteiger charge is -2.39. The van der Waals surface area contributed by atoms with Gasteiger partial charge >= 0.3 is 12.4 Å². The standard InChI is InChI=1S/C14H20F6N2O2/c1-24-9-11(2-5-21-6-3-11)10(23)22-7-4-12(8-22,13(15,16)17)14(18,19)20/h21H,2-9H2,1H3. The van der Waals surface area contributed by atoms with Crippen LogP contribution in [-0.4, -0.2) is 63.1 Å².